The fourth-order valence-electron chi connectivity index (χ4n) is 7.00. The fraction of sp³-hybridized carbons (Fsp3) is 0.739. The highest BCUT2D eigenvalue weighted by atomic mass is 19.1. The first kappa shape index (κ1) is 20.7. The third-order valence-corrected chi connectivity index (χ3v) is 8.40. The standard InChI is InChI=1S/C23H30F2O4/c1-5-19(28)29-20-12(2)8-14-15-10-17(24)16-9-13(26)6-7-22(16,4)23(15,25)18(27)11-21(14,20)3/h6-7,9,12,14-15,17-18,20,27H,5,8,10-11H2,1-4H3/t12?,14-,15-,17-,18-,20-,21-,22-,23-/m0/s1. The van der Waals surface area contributed by atoms with Gasteiger partial charge in [-0.05, 0) is 55.7 Å². The topological polar surface area (TPSA) is 63.6 Å². The molecule has 0 bridgehead atoms. The molecule has 29 heavy (non-hydrogen) atoms. The molecule has 4 aliphatic carbocycles. The number of ether oxygens (including phenoxy) is 1. The first-order valence-corrected chi connectivity index (χ1v) is 10.6. The Labute approximate surface area is 170 Å². The summed E-state index contributed by atoms with van der Waals surface area (Å²) in [7, 11) is 0. The van der Waals surface area contributed by atoms with E-state index in [1.807, 2.05) is 13.8 Å². The number of ketones is 1. The number of hydrogen-bond acceptors (Lipinski definition) is 4. The van der Waals surface area contributed by atoms with Gasteiger partial charge in [-0.15, -0.1) is 0 Å². The normalized spacial score (nSPS) is 51.0. The quantitative estimate of drug-likeness (QED) is 0.705. The Bertz CT molecular complexity index is 807. The Morgan fingerprint density at radius 3 is 2.66 bits per heavy atom. The summed E-state index contributed by atoms with van der Waals surface area (Å²) < 4.78 is 37.9. The molecule has 4 aliphatic rings. The minimum absolute atomic E-state index is 0.00123. The third-order valence-electron chi connectivity index (χ3n) is 8.40. The van der Waals surface area contributed by atoms with E-state index < -0.39 is 40.8 Å². The summed E-state index contributed by atoms with van der Waals surface area (Å²) >= 11 is 0. The molecule has 0 saturated heterocycles. The molecule has 160 valence electrons. The molecule has 1 N–H and O–H groups in total. The van der Waals surface area contributed by atoms with E-state index in [1.165, 1.54) is 18.2 Å². The van der Waals surface area contributed by atoms with E-state index in [1.54, 1.807) is 13.8 Å². The van der Waals surface area contributed by atoms with Crippen LogP contribution in [0.1, 0.15) is 53.4 Å². The Morgan fingerprint density at radius 1 is 1.31 bits per heavy atom. The predicted octanol–water partition coefficient (Wildman–Crippen LogP) is 3.87. The molecular formula is C23H30F2O4. The van der Waals surface area contributed by atoms with Crippen molar-refractivity contribution in [3.05, 3.63) is 23.8 Å². The van der Waals surface area contributed by atoms with Crippen LogP contribution in [0.5, 0.6) is 0 Å². The number of fused-ring (bicyclic) bond motifs is 5. The Hall–Kier alpha value is -1.56. The summed E-state index contributed by atoms with van der Waals surface area (Å²) in [5, 5.41) is 11.1. The molecular weight excluding hydrogens is 378 g/mol. The van der Waals surface area contributed by atoms with Gasteiger partial charge in [0.25, 0.3) is 0 Å². The van der Waals surface area contributed by atoms with Crippen LogP contribution in [-0.4, -0.2) is 40.9 Å². The first-order valence-electron chi connectivity index (χ1n) is 10.6. The third kappa shape index (κ3) is 2.57. The lowest BCUT2D eigenvalue weighted by Gasteiger charge is -2.62. The van der Waals surface area contributed by atoms with Gasteiger partial charge in [0, 0.05) is 23.2 Å². The van der Waals surface area contributed by atoms with Crippen LogP contribution in [-0.2, 0) is 14.3 Å². The van der Waals surface area contributed by atoms with E-state index >= 15 is 8.78 Å². The van der Waals surface area contributed by atoms with Crippen LogP contribution >= 0.6 is 0 Å². The van der Waals surface area contributed by atoms with Gasteiger partial charge in [-0.25, -0.2) is 8.78 Å². The number of halogens is 2. The van der Waals surface area contributed by atoms with Crippen molar-refractivity contribution >= 4 is 11.8 Å². The Balaban J connectivity index is 1.78. The maximum Gasteiger partial charge on any atom is 0.305 e. The van der Waals surface area contributed by atoms with Crippen molar-refractivity contribution in [1.29, 1.82) is 0 Å². The highest BCUT2D eigenvalue weighted by Crippen LogP contribution is 2.69. The lowest BCUT2D eigenvalue weighted by atomic mass is 9.45. The number of carbonyl (C=O) groups excluding carboxylic acids is 2. The highest BCUT2D eigenvalue weighted by Gasteiger charge is 2.73. The van der Waals surface area contributed by atoms with E-state index in [0.29, 0.717) is 6.42 Å². The number of allylic oxidation sites excluding steroid dienone is 4. The lowest BCUT2D eigenvalue weighted by molar-refractivity contribution is -0.212. The average Bonchev–Trinajstić information content (AvgIpc) is 2.90. The van der Waals surface area contributed by atoms with Crippen molar-refractivity contribution in [2.45, 2.75) is 77.4 Å². The lowest BCUT2D eigenvalue weighted by Crippen LogP contribution is -2.68. The molecule has 3 saturated carbocycles. The number of carbonyl (C=O) groups is 2. The summed E-state index contributed by atoms with van der Waals surface area (Å²) in [6.45, 7) is 7.24. The molecule has 3 fully saturated rings. The van der Waals surface area contributed by atoms with Crippen molar-refractivity contribution in [2.75, 3.05) is 0 Å². The molecule has 9 atom stereocenters. The molecule has 0 radical (unpaired) electrons. The van der Waals surface area contributed by atoms with Crippen LogP contribution in [0, 0.1) is 28.6 Å². The molecule has 0 amide bonds. The van der Waals surface area contributed by atoms with Crippen molar-refractivity contribution in [2.24, 2.45) is 28.6 Å². The van der Waals surface area contributed by atoms with Crippen LogP contribution in [0.3, 0.4) is 0 Å². The maximum atomic E-state index is 16.9. The molecule has 0 aromatic rings. The number of aliphatic hydroxyl groups is 1. The Morgan fingerprint density at radius 2 is 2.00 bits per heavy atom. The number of hydrogen-bond donors (Lipinski definition) is 1. The number of esters is 1. The van der Waals surface area contributed by atoms with E-state index in [2.05, 4.69) is 0 Å². The van der Waals surface area contributed by atoms with Crippen LogP contribution in [0.4, 0.5) is 8.78 Å². The second kappa shape index (κ2) is 6.47. The van der Waals surface area contributed by atoms with Gasteiger partial charge in [-0.1, -0.05) is 26.8 Å². The molecule has 4 nitrogen and oxygen atoms in total. The molecule has 0 aromatic carbocycles. The van der Waals surface area contributed by atoms with Crippen LogP contribution in [0.15, 0.2) is 23.8 Å². The zero-order valence-electron chi connectivity index (χ0n) is 17.5. The molecule has 0 spiro atoms. The van der Waals surface area contributed by atoms with Crippen LogP contribution in [0.2, 0.25) is 0 Å². The van der Waals surface area contributed by atoms with E-state index in [4.69, 9.17) is 4.74 Å². The number of rotatable bonds is 2. The van der Waals surface area contributed by atoms with Gasteiger partial charge in [0.2, 0.25) is 0 Å². The smallest absolute Gasteiger partial charge is 0.305 e. The van der Waals surface area contributed by atoms with E-state index in [9.17, 15) is 14.7 Å². The summed E-state index contributed by atoms with van der Waals surface area (Å²) in [4.78, 5) is 23.9. The summed E-state index contributed by atoms with van der Waals surface area (Å²) in [6.07, 6.45) is 1.65. The van der Waals surface area contributed by atoms with Crippen molar-refractivity contribution in [3.63, 3.8) is 0 Å². The minimum Gasteiger partial charge on any atom is -0.461 e. The van der Waals surface area contributed by atoms with E-state index in [0.717, 1.165) is 0 Å². The van der Waals surface area contributed by atoms with Gasteiger partial charge in [-0.3, -0.25) is 9.59 Å². The zero-order valence-corrected chi connectivity index (χ0v) is 17.5. The molecule has 0 heterocycles. The van der Waals surface area contributed by atoms with Crippen LogP contribution in [0.25, 0.3) is 0 Å². The molecule has 4 rings (SSSR count). The fourth-order valence-corrected chi connectivity index (χ4v) is 7.00. The summed E-state index contributed by atoms with van der Waals surface area (Å²) in [5.41, 5.74) is -3.93. The first-order chi connectivity index (χ1) is 13.5. The van der Waals surface area contributed by atoms with Crippen molar-refractivity contribution in [1.82, 2.24) is 0 Å². The summed E-state index contributed by atoms with van der Waals surface area (Å²) in [6, 6.07) is 0. The van der Waals surface area contributed by atoms with Gasteiger partial charge in [0.1, 0.15) is 12.3 Å². The molecule has 6 heteroatoms. The molecule has 1 unspecified atom stereocenters. The second-order valence-corrected chi connectivity index (χ2v) is 9.92. The molecule has 0 aliphatic heterocycles. The average molecular weight is 408 g/mol. The maximum absolute atomic E-state index is 16.9. The van der Waals surface area contributed by atoms with Crippen molar-refractivity contribution < 1.29 is 28.2 Å². The van der Waals surface area contributed by atoms with Gasteiger partial charge >= 0.3 is 5.97 Å². The largest absolute Gasteiger partial charge is 0.461 e. The van der Waals surface area contributed by atoms with Gasteiger partial charge < -0.3 is 9.84 Å². The van der Waals surface area contributed by atoms with Gasteiger partial charge in [0.05, 0.1) is 6.10 Å². The Kier molecular flexibility index (Phi) is 4.62. The van der Waals surface area contributed by atoms with Gasteiger partial charge in [-0.2, -0.15) is 0 Å². The SMILES string of the molecule is CCC(=O)O[C@H]1C(C)C[C@H]2[C@@H]3C[C@H](F)C4=CC(=O)C=C[C@]4(C)[C@@]3(F)[C@@H](O)C[C@]12C. The zero-order chi connectivity index (χ0) is 21.4. The minimum atomic E-state index is -2.08. The second-order valence-electron chi connectivity index (χ2n) is 9.92. The summed E-state index contributed by atoms with van der Waals surface area (Å²) in [5.74, 6) is -1.60. The predicted molar refractivity (Wildman–Crippen MR) is 103 cm³/mol. The molecule has 0 aromatic heterocycles. The monoisotopic (exact) mass is 408 g/mol. The number of aliphatic hydroxyl groups excluding tert-OH is 1. The van der Waals surface area contributed by atoms with Crippen LogP contribution < -0.4 is 0 Å². The van der Waals surface area contributed by atoms with Crippen molar-refractivity contribution in [3.8, 4) is 0 Å². The highest BCUT2D eigenvalue weighted by molar-refractivity contribution is 6.01. The van der Waals surface area contributed by atoms with E-state index in [-0.39, 0.29) is 48.4 Å². The number of alkyl halides is 2. The van der Waals surface area contributed by atoms with Gasteiger partial charge in [0.15, 0.2) is 11.5 Å².